The summed E-state index contributed by atoms with van der Waals surface area (Å²) in [5.74, 6) is 1.27. The Morgan fingerprint density at radius 2 is 2.21 bits per heavy atom. The molecule has 1 aliphatic heterocycles. The molecule has 0 radical (unpaired) electrons. The summed E-state index contributed by atoms with van der Waals surface area (Å²) in [6, 6.07) is 5.58. The third-order valence-electron chi connectivity index (χ3n) is 2.98. The molecule has 1 unspecified atom stereocenters. The number of hydrogen-bond donors (Lipinski definition) is 0. The van der Waals surface area contributed by atoms with Crippen molar-refractivity contribution in [1.82, 2.24) is 0 Å². The molecular weight excluding hydrogens is 244 g/mol. The molecule has 0 aliphatic carbocycles. The van der Waals surface area contributed by atoms with Gasteiger partial charge in [0.2, 0.25) is 0 Å². The van der Waals surface area contributed by atoms with Crippen molar-refractivity contribution >= 4 is 12.0 Å². The number of fused-ring (bicyclic) bond motifs is 1. The maximum absolute atomic E-state index is 11.6. The standard InChI is InChI=1S/C15H18O4/c1-4-18-14(16)10-15(2)8-7-11-9-12(17-3)5-6-13(11)19-15/h5-9H,4,10H2,1-3H3. The van der Waals surface area contributed by atoms with Gasteiger partial charge in [-0.3, -0.25) is 4.79 Å². The van der Waals surface area contributed by atoms with Gasteiger partial charge in [-0.2, -0.15) is 0 Å². The summed E-state index contributed by atoms with van der Waals surface area (Å²) in [6.07, 6.45) is 4.02. The molecular formula is C15H18O4. The fourth-order valence-corrected chi connectivity index (χ4v) is 2.02. The van der Waals surface area contributed by atoms with Crippen molar-refractivity contribution in [3.8, 4) is 11.5 Å². The number of hydrogen-bond acceptors (Lipinski definition) is 4. The van der Waals surface area contributed by atoms with Gasteiger partial charge in [0.15, 0.2) is 0 Å². The Balaban J connectivity index is 2.16. The molecule has 1 aliphatic rings. The average molecular weight is 262 g/mol. The van der Waals surface area contributed by atoms with Gasteiger partial charge in [-0.1, -0.05) is 6.08 Å². The molecule has 4 nitrogen and oxygen atoms in total. The van der Waals surface area contributed by atoms with Crippen molar-refractivity contribution in [2.24, 2.45) is 0 Å². The van der Waals surface area contributed by atoms with Crippen LogP contribution in [0.3, 0.4) is 0 Å². The highest BCUT2D eigenvalue weighted by molar-refractivity contribution is 5.73. The Morgan fingerprint density at radius 3 is 2.89 bits per heavy atom. The van der Waals surface area contributed by atoms with E-state index in [2.05, 4.69) is 0 Å². The SMILES string of the molecule is CCOC(=O)CC1(C)C=Cc2cc(OC)ccc2O1. The third-order valence-corrected chi connectivity index (χ3v) is 2.98. The lowest BCUT2D eigenvalue weighted by Crippen LogP contribution is -2.35. The molecule has 0 saturated heterocycles. The normalized spacial score (nSPS) is 20.4. The summed E-state index contributed by atoms with van der Waals surface area (Å²) >= 11 is 0. The lowest BCUT2D eigenvalue weighted by molar-refractivity contribution is -0.146. The second kappa shape index (κ2) is 5.34. The smallest absolute Gasteiger partial charge is 0.310 e. The van der Waals surface area contributed by atoms with Gasteiger partial charge in [0, 0.05) is 5.56 Å². The molecule has 0 saturated carbocycles. The zero-order chi connectivity index (χ0) is 13.9. The monoisotopic (exact) mass is 262 g/mol. The molecule has 0 amide bonds. The van der Waals surface area contributed by atoms with Gasteiger partial charge in [0.25, 0.3) is 0 Å². The summed E-state index contributed by atoms with van der Waals surface area (Å²) in [4.78, 5) is 11.6. The van der Waals surface area contributed by atoms with Crippen LogP contribution in [-0.2, 0) is 9.53 Å². The van der Waals surface area contributed by atoms with Crippen LogP contribution in [0.25, 0.3) is 6.08 Å². The molecule has 0 N–H and O–H groups in total. The Morgan fingerprint density at radius 1 is 1.42 bits per heavy atom. The molecule has 0 aromatic heterocycles. The van der Waals surface area contributed by atoms with E-state index in [1.807, 2.05) is 37.3 Å². The van der Waals surface area contributed by atoms with Crippen LogP contribution in [0.4, 0.5) is 0 Å². The highest BCUT2D eigenvalue weighted by Gasteiger charge is 2.31. The number of ether oxygens (including phenoxy) is 3. The van der Waals surface area contributed by atoms with E-state index < -0.39 is 5.60 Å². The molecule has 1 heterocycles. The zero-order valence-electron chi connectivity index (χ0n) is 11.4. The van der Waals surface area contributed by atoms with E-state index in [0.29, 0.717) is 6.61 Å². The van der Waals surface area contributed by atoms with Crippen LogP contribution in [0, 0.1) is 0 Å². The molecule has 0 spiro atoms. The lowest BCUT2D eigenvalue weighted by Gasteiger charge is -2.30. The first-order chi connectivity index (χ1) is 9.06. The molecule has 1 aromatic rings. The Kier molecular flexibility index (Phi) is 3.79. The summed E-state index contributed by atoms with van der Waals surface area (Å²) in [5.41, 5.74) is 0.286. The maximum atomic E-state index is 11.6. The van der Waals surface area contributed by atoms with Crippen molar-refractivity contribution < 1.29 is 19.0 Å². The minimum Gasteiger partial charge on any atom is -0.497 e. The summed E-state index contributed by atoms with van der Waals surface area (Å²) in [5, 5.41) is 0. The lowest BCUT2D eigenvalue weighted by atomic mass is 9.97. The first kappa shape index (κ1) is 13.5. The van der Waals surface area contributed by atoms with E-state index in [-0.39, 0.29) is 12.4 Å². The highest BCUT2D eigenvalue weighted by Crippen LogP contribution is 2.34. The van der Waals surface area contributed by atoms with Crippen LogP contribution in [0.2, 0.25) is 0 Å². The van der Waals surface area contributed by atoms with E-state index in [1.54, 1.807) is 14.0 Å². The van der Waals surface area contributed by atoms with Gasteiger partial charge in [0.05, 0.1) is 20.1 Å². The minimum atomic E-state index is -0.659. The molecule has 19 heavy (non-hydrogen) atoms. The molecule has 1 atom stereocenters. The van der Waals surface area contributed by atoms with Crippen molar-refractivity contribution in [1.29, 1.82) is 0 Å². The predicted octanol–water partition coefficient (Wildman–Crippen LogP) is 2.81. The van der Waals surface area contributed by atoms with Crippen molar-refractivity contribution in [3.63, 3.8) is 0 Å². The Labute approximate surface area is 113 Å². The average Bonchev–Trinajstić information content (AvgIpc) is 2.38. The van der Waals surface area contributed by atoms with E-state index in [0.717, 1.165) is 17.1 Å². The second-order valence-electron chi connectivity index (χ2n) is 4.63. The van der Waals surface area contributed by atoms with Gasteiger partial charge >= 0.3 is 5.97 Å². The summed E-state index contributed by atoms with van der Waals surface area (Å²) in [6.45, 7) is 4.04. The van der Waals surface area contributed by atoms with Crippen molar-refractivity contribution in [2.75, 3.05) is 13.7 Å². The van der Waals surface area contributed by atoms with E-state index >= 15 is 0 Å². The third kappa shape index (κ3) is 3.08. The van der Waals surface area contributed by atoms with Gasteiger partial charge < -0.3 is 14.2 Å². The fourth-order valence-electron chi connectivity index (χ4n) is 2.02. The summed E-state index contributed by atoms with van der Waals surface area (Å²) < 4.78 is 16.0. The molecule has 2 rings (SSSR count). The van der Waals surface area contributed by atoms with Gasteiger partial charge in [0.1, 0.15) is 17.1 Å². The topological polar surface area (TPSA) is 44.8 Å². The first-order valence-electron chi connectivity index (χ1n) is 6.28. The van der Waals surface area contributed by atoms with Crippen LogP contribution in [0.5, 0.6) is 11.5 Å². The van der Waals surface area contributed by atoms with Crippen LogP contribution >= 0.6 is 0 Å². The van der Waals surface area contributed by atoms with Crippen LogP contribution in [0.1, 0.15) is 25.8 Å². The van der Waals surface area contributed by atoms with E-state index in [4.69, 9.17) is 14.2 Å². The maximum Gasteiger partial charge on any atom is 0.310 e. The van der Waals surface area contributed by atoms with E-state index in [1.165, 1.54) is 0 Å². The number of methoxy groups -OCH3 is 1. The highest BCUT2D eigenvalue weighted by atomic mass is 16.5. The Bertz CT molecular complexity index is 507. The number of carbonyl (C=O) groups is 1. The van der Waals surface area contributed by atoms with Gasteiger partial charge in [-0.05, 0) is 38.1 Å². The van der Waals surface area contributed by atoms with Crippen molar-refractivity contribution in [2.45, 2.75) is 25.9 Å². The molecule has 1 aromatic carbocycles. The fraction of sp³-hybridized carbons (Fsp3) is 0.400. The number of rotatable bonds is 4. The molecule has 0 fully saturated rings. The number of esters is 1. The van der Waals surface area contributed by atoms with Crippen LogP contribution < -0.4 is 9.47 Å². The van der Waals surface area contributed by atoms with E-state index in [9.17, 15) is 4.79 Å². The molecule has 102 valence electrons. The number of carbonyl (C=O) groups excluding carboxylic acids is 1. The predicted molar refractivity (Wildman–Crippen MR) is 72.3 cm³/mol. The van der Waals surface area contributed by atoms with Crippen molar-refractivity contribution in [3.05, 3.63) is 29.8 Å². The first-order valence-corrected chi connectivity index (χ1v) is 6.28. The quantitative estimate of drug-likeness (QED) is 0.783. The van der Waals surface area contributed by atoms with Crippen LogP contribution in [0.15, 0.2) is 24.3 Å². The minimum absolute atomic E-state index is 0.197. The van der Waals surface area contributed by atoms with Gasteiger partial charge in [-0.25, -0.2) is 0 Å². The van der Waals surface area contributed by atoms with Gasteiger partial charge in [-0.15, -0.1) is 0 Å². The van der Waals surface area contributed by atoms with Crippen LogP contribution in [-0.4, -0.2) is 25.3 Å². The largest absolute Gasteiger partial charge is 0.497 e. The number of benzene rings is 1. The second-order valence-corrected chi connectivity index (χ2v) is 4.63. The Hall–Kier alpha value is -1.97. The zero-order valence-corrected chi connectivity index (χ0v) is 11.4. The summed E-state index contributed by atoms with van der Waals surface area (Å²) in [7, 11) is 1.62. The molecule has 4 heteroatoms. The molecule has 0 bridgehead atoms.